The van der Waals surface area contributed by atoms with E-state index >= 15 is 0 Å². The van der Waals surface area contributed by atoms with Gasteiger partial charge in [-0.2, -0.15) is 10.2 Å². The Kier molecular flexibility index (Phi) is 7.91. The van der Waals surface area contributed by atoms with Crippen LogP contribution in [0.15, 0.2) is 48.9 Å². The fourth-order valence-electron chi connectivity index (χ4n) is 5.21. The highest BCUT2D eigenvalue weighted by Gasteiger charge is 2.36. The third-order valence-corrected chi connectivity index (χ3v) is 7.49. The molecule has 6 rings (SSSR count). The highest BCUT2D eigenvalue weighted by Crippen LogP contribution is 2.39. The molecule has 9 nitrogen and oxygen atoms in total. The smallest absolute Gasteiger partial charge is 0.324 e. The maximum atomic E-state index is 13.4. The van der Waals surface area contributed by atoms with Crippen LogP contribution in [0, 0.1) is 5.82 Å². The number of fused-ring (bicyclic) bond motifs is 1. The number of nitrogens with one attached hydrogen (secondary N) is 3. The number of urea groups is 1. The molecule has 3 heterocycles. The number of amides is 2. The highest BCUT2D eigenvalue weighted by atomic mass is 19.3. The molecule has 2 amide bonds. The van der Waals surface area contributed by atoms with Crippen molar-refractivity contribution in [3.8, 4) is 0 Å². The minimum Gasteiger partial charge on any atom is -0.382 e. The normalized spacial score (nSPS) is 19.0. The number of nitrogens with zero attached hydrogens (tertiary/aromatic N) is 4. The Morgan fingerprint density at radius 3 is 2.05 bits per heavy atom. The molecule has 5 N–H and O–H groups in total. The zero-order valence-corrected chi connectivity index (χ0v) is 22.1. The summed E-state index contributed by atoms with van der Waals surface area (Å²) in [6, 6.07) is 7.01. The van der Waals surface area contributed by atoms with E-state index in [4.69, 9.17) is 5.73 Å². The first kappa shape index (κ1) is 28.4. The van der Waals surface area contributed by atoms with Crippen LogP contribution in [0.4, 0.5) is 44.1 Å². The zero-order chi connectivity index (χ0) is 29.2. The molecule has 14 heteroatoms. The molecule has 2 aliphatic rings. The third-order valence-electron chi connectivity index (χ3n) is 7.49. The van der Waals surface area contributed by atoms with Crippen LogP contribution in [-0.4, -0.2) is 42.4 Å². The van der Waals surface area contributed by atoms with Gasteiger partial charge in [-0.25, -0.2) is 26.7 Å². The molecule has 2 fully saturated rings. The number of hydrogen-bond donors (Lipinski definition) is 4. The number of alkyl halides is 4. The van der Waals surface area contributed by atoms with Gasteiger partial charge in [0.25, 0.3) is 0 Å². The molecule has 41 heavy (non-hydrogen) atoms. The molecular formula is C27H31F5N8O. The summed E-state index contributed by atoms with van der Waals surface area (Å²) < 4.78 is 68.9. The lowest BCUT2D eigenvalue weighted by atomic mass is 9.92. The van der Waals surface area contributed by atoms with Crippen LogP contribution in [0.3, 0.4) is 0 Å². The number of aromatic amines is 1. The van der Waals surface area contributed by atoms with Crippen LogP contribution in [0.2, 0.25) is 0 Å². The van der Waals surface area contributed by atoms with Gasteiger partial charge < -0.3 is 16.0 Å². The molecule has 220 valence electrons. The Morgan fingerprint density at radius 2 is 1.46 bits per heavy atom. The predicted octanol–water partition coefficient (Wildman–Crippen LogP) is 7.11. The fraction of sp³-hybridized carbons (Fsp3) is 0.444. The average Bonchev–Trinajstić information content (AvgIpc) is 3.65. The molecule has 0 radical (unpaired) electrons. The monoisotopic (exact) mass is 578 g/mol. The lowest BCUT2D eigenvalue weighted by Gasteiger charge is -2.28. The van der Waals surface area contributed by atoms with E-state index in [9.17, 15) is 26.7 Å². The molecular weight excluding hydrogens is 547 g/mol. The van der Waals surface area contributed by atoms with Crippen molar-refractivity contribution in [3.05, 3.63) is 54.7 Å². The number of anilines is 3. The molecule has 3 aromatic heterocycles. The van der Waals surface area contributed by atoms with Crippen molar-refractivity contribution in [2.75, 3.05) is 16.4 Å². The van der Waals surface area contributed by atoms with Crippen molar-refractivity contribution >= 4 is 34.3 Å². The van der Waals surface area contributed by atoms with E-state index in [1.54, 1.807) is 46.2 Å². The Hall–Kier alpha value is -4.10. The standard InChI is InChI=1S/C18H18F3N5O.C9H13F2N3/c19-11-1-2-14-13(9-11)15(10-22-14)23-17(27)24-16-5-8-26(25-16)12-3-6-18(20,21)7-4-12;10-9(11)4-1-7(2-5-9)14-6-3-8(12)13-14/h1-2,5,8-10,12,22H,3-4,6-7H2,(H2,23,24,25,27);3,6-7H,1-2,4-5H2,(H2,12,13). The number of nitrogens with two attached hydrogens (primary N) is 1. The van der Waals surface area contributed by atoms with Crippen molar-refractivity contribution in [3.63, 3.8) is 0 Å². The first-order chi connectivity index (χ1) is 19.5. The second-order valence-electron chi connectivity index (χ2n) is 10.5. The summed E-state index contributed by atoms with van der Waals surface area (Å²) in [4.78, 5) is 15.1. The molecule has 1 aromatic carbocycles. The minimum absolute atomic E-state index is 0.0442. The van der Waals surface area contributed by atoms with Crippen molar-refractivity contribution < 1.29 is 26.7 Å². The van der Waals surface area contributed by atoms with E-state index in [-0.39, 0.29) is 37.8 Å². The Morgan fingerprint density at radius 1 is 0.878 bits per heavy atom. The second-order valence-corrected chi connectivity index (χ2v) is 10.5. The van der Waals surface area contributed by atoms with Gasteiger partial charge in [0.05, 0.1) is 17.8 Å². The Bertz CT molecular complexity index is 1480. The Labute approximate surface area is 232 Å². The van der Waals surface area contributed by atoms with E-state index in [0.717, 1.165) is 0 Å². The van der Waals surface area contributed by atoms with E-state index in [1.807, 2.05) is 0 Å². The fourth-order valence-corrected chi connectivity index (χ4v) is 5.21. The van der Waals surface area contributed by atoms with E-state index in [2.05, 4.69) is 25.8 Å². The molecule has 4 aromatic rings. The van der Waals surface area contributed by atoms with Gasteiger partial charge in [-0.05, 0) is 49.9 Å². The molecule has 0 unspecified atom stereocenters. The van der Waals surface area contributed by atoms with Crippen LogP contribution in [0.1, 0.15) is 63.5 Å². The minimum atomic E-state index is -2.59. The first-order valence-electron chi connectivity index (χ1n) is 13.4. The molecule has 2 saturated carbocycles. The number of H-pyrrole nitrogens is 1. The lowest BCUT2D eigenvalue weighted by molar-refractivity contribution is -0.0454. The van der Waals surface area contributed by atoms with E-state index in [0.29, 0.717) is 53.9 Å². The number of carbonyl (C=O) groups excluding carboxylic acids is 1. The summed E-state index contributed by atoms with van der Waals surface area (Å²) in [5, 5.41) is 14.1. The summed E-state index contributed by atoms with van der Waals surface area (Å²) in [6.07, 6.45) is 6.26. The van der Waals surface area contributed by atoms with Gasteiger partial charge >= 0.3 is 6.03 Å². The number of rotatable bonds is 4. The average molecular weight is 579 g/mol. The van der Waals surface area contributed by atoms with E-state index in [1.165, 1.54) is 12.1 Å². The summed E-state index contributed by atoms with van der Waals surface area (Å²) >= 11 is 0. The molecule has 2 aliphatic carbocycles. The van der Waals surface area contributed by atoms with Crippen molar-refractivity contribution in [1.29, 1.82) is 0 Å². The quantitative estimate of drug-likeness (QED) is 0.193. The SMILES string of the molecule is Nc1ccn(C2CCC(F)(F)CC2)n1.O=C(Nc1ccn(C2CCC(F)(F)CC2)n1)Nc1c[nH]c2ccc(F)cc12. The Balaban J connectivity index is 0.000000202. The number of aromatic nitrogens is 5. The van der Waals surface area contributed by atoms with Crippen LogP contribution >= 0.6 is 0 Å². The number of halogens is 5. The van der Waals surface area contributed by atoms with Crippen molar-refractivity contribution in [1.82, 2.24) is 24.5 Å². The predicted molar refractivity (Wildman–Crippen MR) is 145 cm³/mol. The van der Waals surface area contributed by atoms with Gasteiger partial charge in [0.15, 0.2) is 5.82 Å². The molecule has 0 saturated heterocycles. The van der Waals surface area contributed by atoms with Crippen LogP contribution in [0.5, 0.6) is 0 Å². The van der Waals surface area contributed by atoms with Gasteiger partial charge in [0.1, 0.15) is 11.6 Å². The van der Waals surface area contributed by atoms with Gasteiger partial charge in [0.2, 0.25) is 11.8 Å². The van der Waals surface area contributed by atoms with Gasteiger partial charge in [0, 0.05) is 61.2 Å². The summed E-state index contributed by atoms with van der Waals surface area (Å²) in [7, 11) is 0. The maximum Gasteiger partial charge on any atom is 0.324 e. The lowest BCUT2D eigenvalue weighted by Crippen LogP contribution is -2.26. The molecule has 0 atom stereocenters. The topological polar surface area (TPSA) is 119 Å². The molecule has 0 aliphatic heterocycles. The molecule has 0 spiro atoms. The largest absolute Gasteiger partial charge is 0.382 e. The van der Waals surface area contributed by atoms with Crippen LogP contribution < -0.4 is 16.4 Å². The third kappa shape index (κ3) is 7.16. The van der Waals surface area contributed by atoms with Crippen molar-refractivity contribution in [2.24, 2.45) is 0 Å². The maximum absolute atomic E-state index is 13.4. The zero-order valence-electron chi connectivity index (χ0n) is 22.1. The number of hydrogen-bond acceptors (Lipinski definition) is 4. The van der Waals surface area contributed by atoms with Crippen molar-refractivity contribution in [2.45, 2.75) is 75.3 Å². The summed E-state index contributed by atoms with van der Waals surface area (Å²) in [5.74, 6) is -4.71. The number of benzene rings is 1. The summed E-state index contributed by atoms with van der Waals surface area (Å²) in [6.45, 7) is 0. The number of carbonyl (C=O) groups is 1. The van der Waals surface area contributed by atoms with Gasteiger partial charge in [-0.3, -0.25) is 14.7 Å². The van der Waals surface area contributed by atoms with Gasteiger partial charge in [-0.15, -0.1) is 0 Å². The highest BCUT2D eigenvalue weighted by molar-refractivity contribution is 6.05. The number of nitrogen functional groups attached to an aromatic ring is 1. The summed E-state index contributed by atoms with van der Waals surface area (Å²) in [5.41, 5.74) is 6.60. The van der Waals surface area contributed by atoms with Gasteiger partial charge in [-0.1, -0.05) is 0 Å². The van der Waals surface area contributed by atoms with Crippen LogP contribution in [-0.2, 0) is 0 Å². The molecule has 0 bridgehead atoms. The first-order valence-corrected chi connectivity index (χ1v) is 13.4. The van der Waals surface area contributed by atoms with E-state index < -0.39 is 23.7 Å². The second kappa shape index (κ2) is 11.4. The van der Waals surface area contributed by atoms with Crippen LogP contribution in [0.25, 0.3) is 10.9 Å².